The number of hydrogen-bond acceptors (Lipinski definition) is 4. The van der Waals surface area contributed by atoms with Crippen LogP contribution in [0.2, 0.25) is 0 Å². The lowest BCUT2D eigenvalue weighted by atomic mass is 10.0. The van der Waals surface area contributed by atoms with Crippen LogP contribution in [0, 0.1) is 6.92 Å². The van der Waals surface area contributed by atoms with E-state index in [2.05, 4.69) is 31.2 Å². The smallest absolute Gasteiger partial charge is 0.416 e. The van der Waals surface area contributed by atoms with Crippen molar-refractivity contribution in [2.75, 3.05) is 12.4 Å². The molecular weight excluding hydrogens is 423 g/mol. The second-order valence-corrected chi connectivity index (χ2v) is 6.97. The summed E-state index contributed by atoms with van der Waals surface area (Å²) in [5, 5.41) is 3.95. The Morgan fingerprint density at radius 3 is 2.56 bits per heavy atom. The van der Waals surface area contributed by atoms with Gasteiger partial charge in [-0.2, -0.15) is 13.2 Å². The molecule has 1 atom stereocenters. The van der Waals surface area contributed by atoms with Crippen molar-refractivity contribution in [3.05, 3.63) is 57.8 Å². The molecule has 0 radical (unpaired) electrons. The van der Waals surface area contributed by atoms with Gasteiger partial charge in [0.1, 0.15) is 17.4 Å². The molecule has 4 nitrogen and oxygen atoms in total. The fraction of sp³-hybridized carbons (Fsp3) is 0.263. The van der Waals surface area contributed by atoms with Crippen molar-refractivity contribution in [1.29, 1.82) is 0 Å². The number of aromatic nitrogens is 2. The van der Waals surface area contributed by atoms with Gasteiger partial charge in [0, 0.05) is 17.5 Å². The van der Waals surface area contributed by atoms with Crippen molar-refractivity contribution in [2.45, 2.75) is 26.1 Å². The zero-order valence-electron chi connectivity index (χ0n) is 14.9. The number of alkyl halides is 3. The molecule has 1 heterocycles. The van der Waals surface area contributed by atoms with E-state index in [-0.39, 0.29) is 6.04 Å². The largest absolute Gasteiger partial charge is 0.495 e. The highest BCUT2D eigenvalue weighted by Gasteiger charge is 2.30. The molecule has 27 heavy (non-hydrogen) atoms. The summed E-state index contributed by atoms with van der Waals surface area (Å²) in [6.45, 7) is 3.55. The third kappa shape index (κ3) is 4.16. The van der Waals surface area contributed by atoms with E-state index in [4.69, 9.17) is 4.74 Å². The first-order valence-corrected chi connectivity index (χ1v) is 8.94. The van der Waals surface area contributed by atoms with Gasteiger partial charge in [-0.25, -0.2) is 9.97 Å². The maximum Gasteiger partial charge on any atom is 0.416 e. The number of benzene rings is 2. The van der Waals surface area contributed by atoms with Gasteiger partial charge in [-0.1, -0.05) is 12.1 Å². The molecule has 0 fully saturated rings. The average molecular weight is 440 g/mol. The van der Waals surface area contributed by atoms with Crippen LogP contribution < -0.4 is 10.1 Å². The van der Waals surface area contributed by atoms with Gasteiger partial charge >= 0.3 is 6.18 Å². The normalized spacial score (nSPS) is 12.9. The van der Waals surface area contributed by atoms with Gasteiger partial charge in [-0.3, -0.25) is 0 Å². The molecule has 0 spiro atoms. The Balaban J connectivity index is 2.00. The summed E-state index contributed by atoms with van der Waals surface area (Å²) in [6.07, 6.45) is -4.38. The summed E-state index contributed by atoms with van der Waals surface area (Å²) in [7, 11) is 1.56. The second kappa shape index (κ2) is 7.34. The fourth-order valence-corrected chi connectivity index (χ4v) is 3.29. The zero-order valence-corrected chi connectivity index (χ0v) is 16.4. The van der Waals surface area contributed by atoms with Gasteiger partial charge in [0.25, 0.3) is 0 Å². The number of rotatable bonds is 4. The SMILES string of the molecule is COc1cc2nc(C)nc(N[C@H](C)c3cccc(C(F)(F)F)c3)c2cc1Br. The Morgan fingerprint density at radius 1 is 1.15 bits per heavy atom. The van der Waals surface area contributed by atoms with Gasteiger partial charge < -0.3 is 10.1 Å². The number of ether oxygens (including phenoxy) is 1. The molecule has 142 valence electrons. The molecule has 3 aromatic rings. The maximum atomic E-state index is 13.0. The predicted octanol–water partition coefficient (Wildman–Crippen LogP) is 5.90. The highest BCUT2D eigenvalue weighted by atomic mass is 79.9. The highest BCUT2D eigenvalue weighted by molar-refractivity contribution is 9.10. The third-order valence-corrected chi connectivity index (χ3v) is 4.77. The van der Waals surface area contributed by atoms with Crippen molar-refractivity contribution in [3.8, 4) is 5.75 Å². The van der Waals surface area contributed by atoms with Crippen LogP contribution in [0.1, 0.15) is 29.9 Å². The lowest BCUT2D eigenvalue weighted by molar-refractivity contribution is -0.137. The first-order valence-electron chi connectivity index (χ1n) is 8.14. The quantitative estimate of drug-likeness (QED) is 0.549. The summed E-state index contributed by atoms with van der Waals surface area (Å²) >= 11 is 3.44. The van der Waals surface area contributed by atoms with E-state index in [1.54, 1.807) is 33.1 Å². The van der Waals surface area contributed by atoms with E-state index < -0.39 is 11.7 Å². The van der Waals surface area contributed by atoms with Crippen molar-refractivity contribution >= 4 is 32.7 Å². The van der Waals surface area contributed by atoms with Crippen LogP contribution in [0.15, 0.2) is 40.9 Å². The molecule has 0 saturated carbocycles. The van der Waals surface area contributed by atoms with E-state index in [1.807, 2.05) is 6.07 Å². The summed E-state index contributed by atoms with van der Waals surface area (Å²) in [5.41, 5.74) is 0.521. The van der Waals surface area contributed by atoms with Crippen LogP contribution >= 0.6 is 15.9 Å². The molecule has 0 aliphatic carbocycles. The van der Waals surface area contributed by atoms with Crippen LogP contribution in [-0.2, 0) is 6.18 Å². The number of halogens is 4. The van der Waals surface area contributed by atoms with Crippen LogP contribution in [0.4, 0.5) is 19.0 Å². The summed E-state index contributed by atoms with van der Waals surface area (Å²) in [6, 6.07) is 8.49. The average Bonchev–Trinajstić information content (AvgIpc) is 2.61. The Kier molecular flexibility index (Phi) is 5.28. The van der Waals surface area contributed by atoms with E-state index in [0.29, 0.717) is 28.5 Å². The third-order valence-electron chi connectivity index (χ3n) is 4.15. The zero-order chi connectivity index (χ0) is 19.8. The van der Waals surface area contributed by atoms with Crippen LogP contribution in [-0.4, -0.2) is 17.1 Å². The first-order chi connectivity index (χ1) is 12.7. The molecule has 1 N–H and O–H groups in total. The van der Waals surface area contributed by atoms with Crippen LogP contribution in [0.25, 0.3) is 10.9 Å². The fourth-order valence-electron chi connectivity index (χ4n) is 2.79. The van der Waals surface area contributed by atoms with Crippen molar-refractivity contribution in [2.24, 2.45) is 0 Å². The molecule has 0 aliphatic rings. The molecule has 2 aromatic carbocycles. The lowest BCUT2D eigenvalue weighted by Crippen LogP contribution is -2.12. The van der Waals surface area contributed by atoms with Crippen molar-refractivity contribution in [3.63, 3.8) is 0 Å². The molecule has 3 rings (SSSR count). The Morgan fingerprint density at radius 2 is 1.89 bits per heavy atom. The van der Waals surface area contributed by atoms with E-state index in [9.17, 15) is 13.2 Å². The molecule has 0 aliphatic heterocycles. The molecule has 1 aromatic heterocycles. The minimum Gasteiger partial charge on any atom is -0.495 e. The van der Waals surface area contributed by atoms with E-state index in [1.165, 1.54) is 6.07 Å². The molecule has 0 amide bonds. The number of methoxy groups -OCH3 is 1. The maximum absolute atomic E-state index is 13.0. The van der Waals surface area contributed by atoms with Gasteiger partial charge in [-0.05, 0) is 53.5 Å². The van der Waals surface area contributed by atoms with Gasteiger partial charge in [0.05, 0.1) is 22.7 Å². The van der Waals surface area contributed by atoms with E-state index >= 15 is 0 Å². The highest BCUT2D eigenvalue weighted by Crippen LogP contribution is 2.34. The minimum atomic E-state index is -4.38. The summed E-state index contributed by atoms with van der Waals surface area (Å²) in [5.74, 6) is 1.73. The van der Waals surface area contributed by atoms with Gasteiger partial charge in [0.15, 0.2) is 0 Å². The predicted molar refractivity (Wildman–Crippen MR) is 102 cm³/mol. The van der Waals surface area contributed by atoms with Crippen molar-refractivity contribution < 1.29 is 17.9 Å². The van der Waals surface area contributed by atoms with E-state index in [0.717, 1.165) is 22.0 Å². The molecule has 8 heteroatoms. The van der Waals surface area contributed by atoms with Gasteiger partial charge in [0.2, 0.25) is 0 Å². The summed E-state index contributed by atoms with van der Waals surface area (Å²) < 4.78 is 45.0. The minimum absolute atomic E-state index is 0.384. The van der Waals surface area contributed by atoms with Crippen LogP contribution in [0.5, 0.6) is 5.75 Å². The monoisotopic (exact) mass is 439 g/mol. The number of hydrogen-bond donors (Lipinski definition) is 1. The number of aryl methyl sites for hydroxylation is 1. The number of anilines is 1. The Bertz CT molecular complexity index is 992. The Hall–Kier alpha value is -2.35. The van der Waals surface area contributed by atoms with Crippen LogP contribution in [0.3, 0.4) is 0 Å². The Labute approximate surface area is 162 Å². The lowest BCUT2D eigenvalue weighted by Gasteiger charge is -2.18. The molecule has 0 bridgehead atoms. The number of nitrogens with one attached hydrogen (secondary N) is 1. The first kappa shape index (κ1) is 19.4. The van der Waals surface area contributed by atoms with Crippen molar-refractivity contribution in [1.82, 2.24) is 9.97 Å². The second-order valence-electron chi connectivity index (χ2n) is 6.11. The topological polar surface area (TPSA) is 47.0 Å². The standard InChI is InChI=1S/C19H17BrF3N3O/c1-10(12-5-4-6-13(7-12)19(21,22)23)24-18-14-8-15(20)17(27-3)9-16(14)25-11(2)26-18/h4-10H,1-3H3,(H,24,25,26)/t10-/m1/s1. The molecular formula is C19H17BrF3N3O. The molecule has 0 saturated heterocycles. The number of fused-ring (bicyclic) bond motifs is 1. The molecule has 0 unspecified atom stereocenters. The van der Waals surface area contributed by atoms with Gasteiger partial charge in [-0.15, -0.1) is 0 Å². The summed E-state index contributed by atoms with van der Waals surface area (Å²) in [4.78, 5) is 8.84. The number of nitrogens with zero attached hydrogens (tertiary/aromatic N) is 2.